The molecule has 0 aromatic heterocycles. The van der Waals surface area contributed by atoms with Crippen molar-refractivity contribution in [2.75, 3.05) is 13.1 Å². The summed E-state index contributed by atoms with van der Waals surface area (Å²) in [6.45, 7) is 9.41. The van der Waals surface area contributed by atoms with E-state index in [1.165, 1.54) is 4.90 Å². The molecule has 0 fully saturated rings. The van der Waals surface area contributed by atoms with E-state index in [2.05, 4.69) is 5.32 Å². The molecule has 0 saturated heterocycles. The zero-order valence-corrected chi connectivity index (χ0v) is 13.9. The highest BCUT2D eigenvalue weighted by molar-refractivity contribution is 6.42. The maximum absolute atomic E-state index is 12.3. The van der Waals surface area contributed by atoms with Crippen molar-refractivity contribution in [1.82, 2.24) is 10.2 Å². The van der Waals surface area contributed by atoms with Crippen molar-refractivity contribution in [2.24, 2.45) is 0 Å². The Morgan fingerprint density at radius 2 is 1.64 bits per heavy atom. The van der Waals surface area contributed by atoms with Crippen LogP contribution in [0.2, 0.25) is 0 Å². The molecule has 0 radical (unpaired) electrons. The number of aryl methyl sites for hydroxylation is 1. The summed E-state index contributed by atoms with van der Waals surface area (Å²) in [5.41, 5.74) is 0.978. The molecule has 1 aromatic carbocycles. The Morgan fingerprint density at radius 1 is 1.09 bits per heavy atom. The van der Waals surface area contributed by atoms with Crippen molar-refractivity contribution in [1.29, 1.82) is 0 Å². The fourth-order valence-corrected chi connectivity index (χ4v) is 1.93. The number of carbonyl (C=O) groups excluding carboxylic acids is 3. The van der Waals surface area contributed by atoms with Crippen LogP contribution in [-0.2, 0) is 9.59 Å². The second-order valence-corrected chi connectivity index (χ2v) is 6.31. The van der Waals surface area contributed by atoms with Crippen LogP contribution in [0.3, 0.4) is 0 Å². The average Bonchev–Trinajstić information content (AvgIpc) is 2.42. The van der Waals surface area contributed by atoms with Gasteiger partial charge in [0.2, 0.25) is 11.7 Å². The molecule has 1 aromatic rings. The van der Waals surface area contributed by atoms with Crippen molar-refractivity contribution >= 4 is 17.6 Å². The molecule has 0 heterocycles. The number of rotatable bonds is 5. The van der Waals surface area contributed by atoms with E-state index in [-0.39, 0.29) is 18.0 Å². The topological polar surface area (TPSA) is 66.5 Å². The van der Waals surface area contributed by atoms with Crippen LogP contribution in [0.1, 0.15) is 43.6 Å². The van der Waals surface area contributed by atoms with E-state index in [4.69, 9.17) is 0 Å². The Bertz CT molecular complexity index is 556. The van der Waals surface area contributed by atoms with Gasteiger partial charge in [0, 0.05) is 17.6 Å². The normalized spacial score (nSPS) is 11.0. The lowest BCUT2D eigenvalue weighted by molar-refractivity contribution is -0.133. The highest BCUT2D eigenvalue weighted by Crippen LogP contribution is 2.07. The Hall–Kier alpha value is -2.17. The molecule has 5 nitrogen and oxygen atoms in total. The van der Waals surface area contributed by atoms with Crippen LogP contribution in [0, 0.1) is 6.92 Å². The summed E-state index contributed by atoms with van der Waals surface area (Å²) < 4.78 is 0. The monoisotopic (exact) mass is 304 g/mol. The number of amides is 2. The lowest BCUT2D eigenvalue weighted by Gasteiger charge is -2.24. The van der Waals surface area contributed by atoms with Gasteiger partial charge in [-0.1, -0.05) is 29.8 Å². The highest BCUT2D eigenvalue weighted by Gasteiger charge is 2.25. The molecular weight excluding hydrogens is 280 g/mol. The van der Waals surface area contributed by atoms with Gasteiger partial charge in [0.1, 0.15) is 0 Å². The van der Waals surface area contributed by atoms with Gasteiger partial charge in [0.25, 0.3) is 5.91 Å². The number of likely N-dealkylation sites (N-methyl/N-ethyl adjacent to an activating group) is 1. The summed E-state index contributed by atoms with van der Waals surface area (Å²) in [5, 5.41) is 2.78. The maximum Gasteiger partial charge on any atom is 0.295 e. The molecule has 0 atom stereocenters. The van der Waals surface area contributed by atoms with E-state index in [0.717, 1.165) is 5.56 Å². The van der Waals surface area contributed by atoms with Gasteiger partial charge in [-0.15, -0.1) is 0 Å². The van der Waals surface area contributed by atoms with Crippen molar-refractivity contribution < 1.29 is 14.4 Å². The number of hydrogen-bond donors (Lipinski definition) is 1. The largest absolute Gasteiger partial charge is 0.350 e. The van der Waals surface area contributed by atoms with Crippen LogP contribution in [0.15, 0.2) is 24.3 Å². The van der Waals surface area contributed by atoms with E-state index in [0.29, 0.717) is 12.1 Å². The first kappa shape index (κ1) is 17.9. The van der Waals surface area contributed by atoms with Gasteiger partial charge in [-0.2, -0.15) is 0 Å². The summed E-state index contributed by atoms with van der Waals surface area (Å²) in [7, 11) is 0. The third-order valence-electron chi connectivity index (χ3n) is 3.03. The predicted molar refractivity (Wildman–Crippen MR) is 85.7 cm³/mol. The van der Waals surface area contributed by atoms with E-state index in [9.17, 15) is 14.4 Å². The molecule has 120 valence electrons. The predicted octanol–water partition coefficient (Wildman–Crippen LogP) is 1.94. The second kappa shape index (κ2) is 7.20. The molecule has 1 rings (SSSR count). The Labute approximate surface area is 131 Å². The van der Waals surface area contributed by atoms with Crippen LogP contribution in [0.5, 0.6) is 0 Å². The van der Waals surface area contributed by atoms with Crippen molar-refractivity contribution in [3.8, 4) is 0 Å². The van der Waals surface area contributed by atoms with Gasteiger partial charge in [-0.25, -0.2) is 0 Å². The summed E-state index contributed by atoms with van der Waals surface area (Å²) >= 11 is 0. The first-order valence-electron chi connectivity index (χ1n) is 7.35. The fraction of sp³-hybridized carbons (Fsp3) is 0.471. The number of Topliss-reactive ketones (excluding diaryl/α,β-unsaturated/α-hetero) is 1. The van der Waals surface area contributed by atoms with Crippen molar-refractivity contribution in [3.05, 3.63) is 35.4 Å². The number of hydrogen-bond acceptors (Lipinski definition) is 3. The minimum Gasteiger partial charge on any atom is -0.350 e. The number of nitrogens with zero attached hydrogens (tertiary/aromatic N) is 1. The van der Waals surface area contributed by atoms with E-state index >= 15 is 0 Å². The molecule has 0 saturated carbocycles. The molecule has 0 bridgehead atoms. The van der Waals surface area contributed by atoms with E-state index in [1.807, 2.05) is 27.7 Å². The first-order valence-corrected chi connectivity index (χ1v) is 7.35. The molecule has 22 heavy (non-hydrogen) atoms. The van der Waals surface area contributed by atoms with Crippen molar-refractivity contribution in [2.45, 2.75) is 40.2 Å². The smallest absolute Gasteiger partial charge is 0.295 e. The number of ketones is 1. The van der Waals surface area contributed by atoms with Crippen molar-refractivity contribution in [3.63, 3.8) is 0 Å². The standard InChI is InChI=1S/C17H24N2O3/c1-6-19(11-14(20)18-17(3,4)5)16(22)15(21)13-9-7-12(2)8-10-13/h7-10H,6,11H2,1-5H3,(H,18,20). The Kier molecular flexibility index (Phi) is 5.85. The molecule has 0 aliphatic heterocycles. The van der Waals surface area contributed by atoms with Gasteiger partial charge >= 0.3 is 0 Å². The number of carbonyl (C=O) groups is 3. The first-order chi connectivity index (χ1) is 10.1. The summed E-state index contributed by atoms with van der Waals surface area (Å²) in [5.74, 6) is -1.53. The third-order valence-corrected chi connectivity index (χ3v) is 3.03. The minimum absolute atomic E-state index is 0.121. The minimum atomic E-state index is -0.657. The van der Waals surface area contributed by atoms with Gasteiger partial charge < -0.3 is 10.2 Å². The zero-order valence-electron chi connectivity index (χ0n) is 13.9. The Balaban J connectivity index is 2.77. The molecule has 0 aliphatic carbocycles. The molecular formula is C17H24N2O3. The maximum atomic E-state index is 12.3. The zero-order chi connectivity index (χ0) is 16.9. The van der Waals surface area contributed by atoms with Crippen LogP contribution in [-0.4, -0.2) is 41.1 Å². The van der Waals surface area contributed by atoms with Crippen LogP contribution in [0.4, 0.5) is 0 Å². The van der Waals surface area contributed by atoms with E-state index < -0.39 is 11.7 Å². The van der Waals surface area contributed by atoms with Crippen LogP contribution >= 0.6 is 0 Å². The van der Waals surface area contributed by atoms with Gasteiger partial charge in [-0.05, 0) is 34.6 Å². The third kappa shape index (κ3) is 5.31. The second-order valence-electron chi connectivity index (χ2n) is 6.31. The molecule has 5 heteroatoms. The SMILES string of the molecule is CCN(CC(=O)NC(C)(C)C)C(=O)C(=O)c1ccc(C)cc1. The Morgan fingerprint density at radius 3 is 2.09 bits per heavy atom. The molecule has 1 N–H and O–H groups in total. The quantitative estimate of drug-likeness (QED) is 0.668. The lowest BCUT2D eigenvalue weighted by atomic mass is 10.1. The summed E-state index contributed by atoms with van der Waals surface area (Å²) in [6.07, 6.45) is 0. The lowest BCUT2D eigenvalue weighted by Crippen LogP contribution is -2.48. The van der Waals surface area contributed by atoms with Crippen LogP contribution in [0.25, 0.3) is 0 Å². The highest BCUT2D eigenvalue weighted by atomic mass is 16.2. The summed E-state index contributed by atoms with van der Waals surface area (Å²) in [6, 6.07) is 6.81. The van der Waals surface area contributed by atoms with Gasteiger partial charge in [0.05, 0.1) is 6.54 Å². The molecule has 0 aliphatic rings. The summed E-state index contributed by atoms with van der Waals surface area (Å²) in [4.78, 5) is 37.6. The van der Waals surface area contributed by atoms with Gasteiger partial charge in [0.15, 0.2) is 0 Å². The molecule has 0 spiro atoms. The molecule has 0 unspecified atom stereocenters. The number of nitrogens with one attached hydrogen (secondary N) is 1. The molecule has 2 amide bonds. The van der Waals surface area contributed by atoms with Gasteiger partial charge in [-0.3, -0.25) is 14.4 Å². The van der Waals surface area contributed by atoms with Crippen LogP contribution < -0.4 is 5.32 Å². The fourth-order valence-electron chi connectivity index (χ4n) is 1.93. The average molecular weight is 304 g/mol. The number of benzene rings is 1. The van der Waals surface area contributed by atoms with E-state index in [1.54, 1.807) is 31.2 Å².